The van der Waals surface area contributed by atoms with Gasteiger partial charge in [-0.05, 0) is 13.3 Å². The number of aromatic nitrogens is 2. The monoisotopic (exact) mass is 225 g/mol. The van der Waals surface area contributed by atoms with Gasteiger partial charge in [0, 0.05) is 18.2 Å². The Kier molecular flexibility index (Phi) is 4.04. The molecule has 1 atom stereocenters. The van der Waals surface area contributed by atoms with Crippen LogP contribution in [-0.2, 0) is 11.3 Å². The summed E-state index contributed by atoms with van der Waals surface area (Å²) >= 11 is 0. The molecule has 0 bridgehead atoms. The minimum atomic E-state index is -0.407. The highest BCUT2D eigenvalue weighted by molar-refractivity contribution is 5.75. The molecule has 0 saturated heterocycles. The predicted octanol–water partition coefficient (Wildman–Crippen LogP) is -0.549. The fourth-order valence-electron chi connectivity index (χ4n) is 1.15. The molecular formula is C10H15N3O3. The summed E-state index contributed by atoms with van der Waals surface area (Å²) in [5.74, 6) is -0.293. The lowest BCUT2D eigenvalue weighted by molar-refractivity contribution is -0.122. The van der Waals surface area contributed by atoms with Gasteiger partial charge in [0.15, 0.2) is 0 Å². The van der Waals surface area contributed by atoms with E-state index in [-0.39, 0.29) is 18.5 Å². The van der Waals surface area contributed by atoms with Crippen molar-refractivity contribution >= 4 is 5.91 Å². The normalized spacial score (nSPS) is 12.1. The summed E-state index contributed by atoms with van der Waals surface area (Å²) < 4.78 is 0.986. The first-order valence-corrected chi connectivity index (χ1v) is 5.12. The van der Waals surface area contributed by atoms with E-state index in [1.54, 1.807) is 0 Å². The van der Waals surface area contributed by atoms with Crippen LogP contribution in [0.1, 0.15) is 20.3 Å². The van der Waals surface area contributed by atoms with Crippen LogP contribution in [0.5, 0.6) is 0 Å². The zero-order chi connectivity index (χ0) is 12.1. The number of carbonyl (C=O) groups is 1. The molecule has 0 spiro atoms. The number of carbonyl (C=O) groups excluding carboxylic acids is 1. The third kappa shape index (κ3) is 3.38. The Bertz CT molecular complexity index is 475. The molecule has 1 amide bonds. The molecule has 0 aliphatic carbocycles. The van der Waals surface area contributed by atoms with Gasteiger partial charge in [-0.1, -0.05) is 6.92 Å². The van der Waals surface area contributed by atoms with Crippen LogP contribution in [0.4, 0.5) is 0 Å². The second-order valence-corrected chi connectivity index (χ2v) is 3.61. The van der Waals surface area contributed by atoms with E-state index in [4.69, 9.17) is 0 Å². The van der Waals surface area contributed by atoms with Crippen molar-refractivity contribution in [2.24, 2.45) is 0 Å². The van der Waals surface area contributed by atoms with Gasteiger partial charge in [-0.2, -0.15) is 0 Å². The van der Waals surface area contributed by atoms with E-state index in [0.29, 0.717) is 0 Å². The number of nitrogens with one attached hydrogen (secondary N) is 2. The number of H-pyrrole nitrogens is 1. The summed E-state index contributed by atoms with van der Waals surface area (Å²) in [7, 11) is 0. The molecule has 0 unspecified atom stereocenters. The molecule has 16 heavy (non-hydrogen) atoms. The minimum Gasteiger partial charge on any atom is -0.352 e. The average molecular weight is 225 g/mol. The van der Waals surface area contributed by atoms with E-state index >= 15 is 0 Å². The van der Waals surface area contributed by atoms with Crippen molar-refractivity contribution in [1.82, 2.24) is 15.1 Å². The SMILES string of the molecule is CC[C@@H](C)NC(=O)Cn1[nH]c(=O)ccc1=O. The van der Waals surface area contributed by atoms with E-state index in [1.165, 1.54) is 0 Å². The summed E-state index contributed by atoms with van der Waals surface area (Å²) in [5, 5.41) is 4.99. The fourth-order valence-corrected chi connectivity index (χ4v) is 1.15. The summed E-state index contributed by atoms with van der Waals surface area (Å²) in [4.78, 5) is 33.7. The number of rotatable bonds is 4. The Morgan fingerprint density at radius 2 is 2.19 bits per heavy atom. The van der Waals surface area contributed by atoms with Gasteiger partial charge in [0.25, 0.3) is 11.1 Å². The Hall–Kier alpha value is -1.85. The van der Waals surface area contributed by atoms with E-state index in [2.05, 4.69) is 10.4 Å². The maximum absolute atomic E-state index is 11.5. The Morgan fingerprint density at radius 3 is 2.81 bits per heavy atom. The van der Waals surface area contributed by atoms with Crippen molar-refractivity contribution in [2.45, 2.75) is 32.9 Å². The second-order valence-electron chi connectivity index (χ2n) is 3.61. The Morgan fingerprint density at radius 1 is 1.50 bits per heavy atom. The fraction of sp³-hybridized carbons (Fsp3) is 0.500. The summed E-state index contributed by atoms with van der Waals surface area (Å²) in [6, 6.07) is 2.32. The molecule has 0 aliphatic rings. The highest BCUT2D eigenvalue weighted by Gasteiger charge is 2.07. The highest BCUT2D eigenvalue weighted by atomic mass is 16.2. The van der Waals surface area contributed by atoms with Gasteiger partial charge in [0.05, 0.1) is 0 Å². The summed E-state index contributed by atoms with van der Waals surface area (Å²) in [5.41, 5.74) is -0.810. The van der Waals surface area contributed by atoms with Crippen LogP contribution in [0, 0.1) is 0 Å². The molecule has 0 fully saturated rings. The first kappa shape index (κ1) is 12.2. The van der Waals surface area contributed by atoms with Gasteiger partial charge in [-0.3, -0.25) is 19.5 Å². The number of hydrogen-bond donors (Lipinski definition) is 2. The van der Waals surface area contributed by atoms with Crippen molar-refractivity contribution < 1.29 is 4.79 Å². The quantitative estimate of drug-likeness (QED) is 0.721. The lowest BCUT2D eigenvalue weighted by Crippen LogP contribution is -2.39. The summed E-state index contributed by atoms with van der Waals surface area (Å²) in [6.07, 6.45) is 0.811. The van der Waals surface area contributed by atoms with Gasteiger partial charge in [-0.25, -0.2) is 4.68 Å². The molecule has 1 aromatic heterocycles. The smallest absolute Gasteiger partial charge is 0.265 e. The van der Waals surface area contributed by atoms with Crippen LogP contribution >= 0.6 is 0 Å². The number of nitrogens with zero attached hydrogens (tertiary/aromatic N) is 1. The van der Waals surface area contributed by atoms with Gasteiger partial charge < -0.3 is 5.32 Å². The van der Waals surface area contributed by atoms with Gasteiger partial charge in [0.1, 0.15) is 6.54 Å². The topological polar surface area (TPSA) is 84.0 Å². The zero-order valence-corrected chi connectivity index (χ0v) is 9.32. The molecule has 1 heterocycles. The Balaban J connectivity index is 2.73. The lowest BCUT2D eigenvalue weighted by Gasteiger charge is -2.11. The van der Waals surface area contributed by atoms with Crippen LogP contribution in [0.15, 0.2) is 21.7 Å². The highest BCUT2D eigenvalue weighted by Crippen LogP contribution is 1.87. The standard InChI is InChI=1S/C10H15N3O3/c1-3-7(2)11-9(15)6-13-10(16)5-4-8(14)12-13/h4-5,7H,3,6H2,1-2H3,(H,11,15)(H,12,14)/t7-/m1/s1. The molecule has 6 nitrogen and oxygen atoms in total. The molecule has 1 rings (SSSR count). The van der Waals surface area contributed by atoms with Crippen LogP contribution in [0.3, 0.4) is 0 Å². The molecule has 0 aliphatic heterocycles. The molecule has 0 aromatic carbocycles. The Labute approximate surface area is 92.3 Å². The molecule has 6 heteroatoms. The largest absolute Gasteiger partial charge is 0.352 e. The van der Waals surface area contributed by atoms with Crippen LogP contribution in [0.2, 0.25) is 0 Å². The van der Waals surface area contributed by atoms with E-state index < -0.39 is 11.1 Å². The zero-order valence-electron chi connectivity index (χ0n) is 9.32. The molecule has 0 saturated carbocycles. The molecule has 0 radical (unpaired) electrons. The molecular weight excluding hydrogens is 210 g/mol. The van der Waals surface area contributed by atoms with Crippen molar-refractivity contribution in [3.63, 3.8) is 0 Å². The third-order valence-corrected chi connectivity index (χ3v) is 2.21. The average Bonchev–Trinajstić information content (AvgIpc) is 2.23. The number of amides is 1. The first-order valence-electron chi connectivity index (χ1n) is 5.12. The van der Waals surface area contributed by atoms with Crippen molar-refractivity contribution in [3.8, 4) is 0 Å². The molecule has 2 N–H and O–H groups in total. The van der Waals surface area contributed by atoms with Crippen LogP contribution < -0.4 is 16.4 Å². The third-order valence-electron chi connectivity index (χ3n) is 2.21. The van der Waals surface area contributed by atoms with Gasteiger partial charge >= 0.3 is 0 Å². The maximum Gasteiger partial charge on any atom is 0.265 e. The number of hydrogen-bond acceptors (Lipinski definition) is 3. The van der Waals surface area contributed by atoms with E-state index in [1.807, 2.05) is 13.8 Å². The summed E-state index contributed by atoms with van der Waals surface area (Å²) in [6.45, 7) is 3.65. The maximum atomic E-state index is 11.5. The van der Waals surface area contributed by atoms with E-state index in [9.17, 15) is 14.4 Å². The predicted molar refractivity (Wildman–Crippen MR) is 59.2 cm³/mol. The first-order chi connectivity index (χ1) is 7.52. The van der Waals surface area contributed by atoms with Gasteiger partial charge in [0.2, 0.25) is 5.91 Å². The minimum absolute atomic E-state index is 0.0543. The van der Waals surface area contributed by atoms with Crippen molar-refractivity contribution in [3.05, 3.63) is 32.8 Å². The number of aromatic amines is 1. The van der Waals surface area contributed by atoms with Crippen LogP contribution in [0.25, 0.3) is 0 Å². The van der Waals surface area contributed by atoms with Gasteiger partial charge in [-0.15, -0.1) is 0 Å². The van der Waals surface area contributed by atoms with Crippen LogP contribution in [-0.4, -0.2) is 21.7 Å². The molecule has 1 aromatic rings. The lowest BCUT2D eigenvalue weighted by atomic mass is 10.2. The second kappa shape index (κ2) is 5.29. The molecule has 88 valence electrons. The van der Waals surface area contributed by atoms with Crippen molar-refractivity contribution in [1.29, 1.82) is 0 Å². The van der Waals surface area contributed by atoms with Crippen molar-refractivity contribution in [2.75, 3.05) is 0 Å². The van der Waals surface area contributed by atoms with E-state index in [0.717, 1.165) is 23.2 Å².